The minimum atomic E-state index is 0.216. The Morgan fingerprint density at radius 3 is 2.76 bits per heavy atom. The van der Waals surface area contributed by atoms with E-state index in [0.29, 0.717) is 12.3 Å². The Bertz CT molecular complexity index is 513. The quantitative estimate of drug-likeness (QED) is 0.871. The minimum absolute atomic E-state index is 0.216. The summed E-state index contributed by atoms with van der Waals surface area (Å²) in [4.78, 5) is 3.98. The molecule has 4 nitrogen and oxygen atoms in total. The van der Waals surface area contributed by atoms with E-state index in [1.807, 2.05) is 24.3 Å². The van der Waals surface area contributed by atoms with Crippen molar-refractivity contribution in [1.82, 2.24) is 10.3 Å². The molecular formula is C13H13N3O. The zero-order valence-corrected chi connectivity index (χ0v) is 9.55. The molecule has 0 aliphatic heterocycles. The second-order valence-electron chi connectivity index (χ2n) is 3.76. The molecule has 0 saturated carbocycles. The Hall–Kier alpha value is -2.12. The summed E-state index contributed by atoms with van der Waals surface area (Å²) in [6, 6.07) is 9.61. The molecular weight excluding hydrogens is 214 g/mol. The Kier molecular flexibility index (Phi) is 3.53. The summed E-state index contributed by atoms with van der Waals surface area (Å²) >= 11 is 0. The number of hydrogen-bond acceptors (Lipinski definition) is 4. The molecule has 0 aliphatic rings. The minimum Gasteiger partial charge on any atom is -0.449 e. The number of nitriles is 1. The first-order chi connectivity index (χ1) is 8.29. The summed E-state index contributed by atoms with van der Waals surface area (Å²) in [5.74, 6) is 1.11. The van der Waals surface area contributed by atoms with Gasteiger partial charge < -0.3 is 9.73 Å². The summed E-state index contributed by atoms with van der Waals surface area (Å²) < 4.78 is 5.28. The van der Waals surface area contributed by atoms with Crippen LogP contribution >= 0.6 is 0 Å². The van der Waals surface area contributed by atoms with Gasteiger partial charge in [-0.15, -0.1) is 0 Å². The Morgan fingerprint density at radius 1 is 1.35 bits per heavy atom. The maximum atomic E-state index is 8.64. The lowest BCUT2D eigenvalue weighted by molar-refractivity contribution is 0.453. The van der Waals surface area contributed by atoms with Crippen LogP contribution in [0.1, 0.15) is 30.0 Å². The average Bonchev–Trinajstić information content (AvgIpc) is 2.85. The first-order valence-electron chi connectivity index (χ1n) is 5.41. The van der Waals surface area contributed by atoms with Crippen molar-refractivity contribution in [2.45, 2.75) is 19.5 Å². The van der Waals surface area contributed by atoms with Crippen molar-refractivity contribution in [3.8, 4) is 6.07 Å². The highest BCUT2D eigenvalue weighted by Gasteiger charge is 2.06. The zero-order chi connectivity index (χ0) is 12.1. The van der Waals surface area contributed by atoms with E-state index in [9.17, 15) is 0 Å². The fourth-order valence-corrected chi connectivity index (χ4v) is 1.56. The van der Waals surface area contributed by atoms with E-state index in [1.54, 1.807) is 18.5 Å². The van der Waals surface area contributed by atoms with Gasteiger partial charge in [-0.1, -0.05) is 0 Å². The van der Waals surface area contributed by atoms with Crippen molar-refractivity contribution in [2.24, 2.45) is 0 Å². The molecule has 2 heterocycles. The number of aromatic nitrogens is 1. The van der Waals surface area contributed by atoms with Crippen LogP contribution in [-0.4, -0.2) is 4.98 Å². The molecule has 1 N–H and O–H groups in total. The molecule has 0 spiro atoms. The molecule has 2 aromatic heterocycles. The van der Waals surface area contributed by atoms with E-state index in [-0.39, 0.29) is 6.04 Å². The number of nitrogens with zero attached hydrogens (tertiary/aromatic N) is 2. The highest BCUT2D eigenvalue weighted by atomic mass is 16.3. The van der Waals surface area contributed by atoms with Crippen LogP contribution in [0.5, 0.6) is 0 Å². The van der Waals surface area contributed by atoms with Crippen molar-refractivity contribution in [3.05, 3.63) is 53.7 Å². The van der Waals surface area contributed by atoms with Gasteiger partial charge in [0.15, 0.2) is 0 Å². The number of hydrogen-bond donors (Lipinski definition) is 1. The van der Waals surface area contributed by atoms with E-state index < -0.39 is 0 Å². The van der Waals surface area contributed by atoms with Gasteiger partial charge >= 0.3 is 0 Å². The first-order valence-corrected chi connectivity index (χ1v) is 5.41. The lowest BCUT2D eigenvalue weighted by Gasteiger charge is -2.12. The van der Waals surface area contributed by atoms with Crippen molar-refractivity contribution in [3.63, 3.8) is 0 Å². The summed E-state index contributed by atoms with van der Waals surface area (Å²) in [6.45, 7) is 2.68. The largest absolute Gasteiger partial charge is 0.449 e. The number of rotatable bonds is 4. The van der Waals surface area contributed by atoms with Crippen molar-refractivity contribution < 1.29 is 4.42 Å². The maximum absolute atomic E-state index is 8.64. The van der Waals surface area contributed by atoms with Crippen LogP contribution in [0.15, 0.2) is 41.1 Å². The highest BCUT2D eigenvalue weighted by molar-refractivity contribution is 5.19. The third-order valence-electron chi connectivity index (χ3n) is 2.56. The molecule has 1 atom stereocenters. The van der Waals surface area contributed by atoms with Crippen molar-refractivity contribution in [1.29, 1.82) is 5.26 Å². The third-order valence-corrected chi connectivity index (χ3v) is 2.56. The van der Waals surface area contributed by atoms with Crippen LogP contribution in [0, 0.1) is 11.3 Å². The smallest absolute Gasteiger partial charge is 0.203 e. The molecule has 17 heavy (non-hydrogen) atoms. The molecule has 0 amide bonds. The van der Waals surface area contributed by atoms with E-state index in [0.717, 1.165) is 5.76 Å². The standard InChI is InChI=1S/C13H13N3O/c1-10(11-4-6-15-7-5-11)16-9-13-3-2-12(8-14)17-13/h2-7,10,16H,9H2,1H3. The SMILES string of the molecule is CC(NCc1ccc(C#N)o1)c1ccncc1. The third kappa shape index (κ3) is 2.92. The molecule has 0 fully saturated rings. The van der Waals surface area contributed by atoms with Gasteiger partial charge in [-0.2, -0.15) is 5.26 Å². The van der Waals surface area contributed by atoms with Gasteiger partial charge in [-0.05, 0) is 36.8 Å². The molecule has 0 aromatic carbocycles. The highest BCUT2D eigenvalue weighted by Crippen LogP contribution is 2.12. The zero-order valence-electron chi connectivity index (χ0n) is 9.55. The van der Waals surface area contributed by atoms with Crippen LogP contribution < -0.4 is 5.32 Å². The number of nitrogens with one attached hydrogen (secondary N) is 1. The monoisotopic (exact) mass is 227 g/mol. The molecule has 1 unspecified atom stereocenters. The summed E-state index contributed by atoms with van der Waals surface area (Å²) in [6.07, 6.45) is 3.54. The van der Waals surface area contributed by atoms with Crippen LogP contribution in [-0.2, 0) is 6.54 Å². The van der Waals surface area contributed by atoms with Gasteiger partial charge in [0.25, 0.3) is 0 Å². The predicted molar refractivity (Wildman–Crippen MR) is 62.9 cm³/mol. The molecule has 2 rings (SSSR count). The van der Waals surface area contributed by atoms with Gasteiger partial charge in [0.05, 0.1) is 6.54 Å². The van der Waals surface area contributed by atoms with Crippen molar-refractivity contribution >= 4 is 0 Å². The lowest BCUT2D eigenvalue weighted by Crippen LogP contribution is -2.17. The van der Waals surface area contributed by atoms with Gasteiger partial charge in [-0.3, -0.25) is 4.98 Å². The van der Waals surface area contributed by atoms with E-state index in [1.165, 1.54) is 5.56 Å². The molecule has 0 aliphatic carbocycles. The van der Waals surface area contributed by atoms with Crippen LogP contribution in [0.25, 0.3) is 0 Å². The van der Waals surface area contributed by atoms with Gasteiger partial charge in [0, 0.05) is 18.4 Å². The Labute approximate surface area is 99.9 Å². The maximum Gasteiger partial charge on any atom is 0.203 e. The van der Waals surface area contributed by atoms with Crippen LogP contribution in [0.2, 0.25) is 0 Å². The van der Waals surface area contributed by atoms with Gasteiger partial charge in [-0.25, -0.2) is 0 Å². The fourth-order valence-electron chi connectivity index (χ4n) is 1.56. The van der Waals surface area contributed by atoms with Gasteiger partial charge in [0.2, 0.25) is 5.76 Å². The van der Waals surface area contributed by atoms with Gasteiger partial charge in [0.1, 0.15) is 11.8 Å². The second kappa shape index (κ2) is 5.28. The summed E-state index contributed by atoms with van der Waals surface area (Å²) in [5, 5.41) is 12.0. The molecule has 86 valence electrons. The predicted octanol–water partition coefficient (Wildman–Crippen LogP) is 2.40. The number of furan rings is 1. The van der Waals surface area contributed by atoms with Crippen LogP contribution in [0.3, 0.4) is 0 Å². The summed E-state index contributed by atoms with van der Waals surface area (Å²) in [7, 11) is 0. The van der Waals surface area contributed by atoms with E-state index in [4.69, 9.17) is 9.68 Å². The summed E-state index contributed by atoms with van der Waals surface area (Å²) in [5.41, 5.74) is 1.17. The molecule has 2 aromatic rings. The molecule has 0 radical (unpaired) electrons. The molecule has 0 bridgehead atoms. The lowest BCUT2D eigenvalue weighted by atomic mass is 10.1. The molecule has 4 heteroatoms. The Morgan fingerprint density at radius 2 is 2.12 bits per heavy atom. The van der Waals surface area contributed by atoms with E-state index in [2.05, 4.69) is 17.2 Å². The Balaban J connectivity index is 1.92. The molecule has 0 saturated heterocycles. The average molecular weight is 227 g/mol. The van der Waals surface area contributed by atoms with Crippen molar-refractivity contribution in [2.75, 3.05) is 0 Å². The topological polar surface area (TPSA) is 61.9 Å². The number of pyridine rings is 1. The van der Waals surface area contributed by atoms with E-state index >= 15 is 0 Å². The van der Waals surface area contributed by atoms with Crippen LogP contribution in [0.4, 0.5) is 0 Å². The second-order valence-corrected chi connectivity index (χ2v) is 3.76. The normalized spacial score (nSPS) is 12.0. The fraction of sp³-hybridized carbons (Fsp3) is 0.231. The first kappa shape index (κ1) is 11.4.